The fourth-order valence-electron chi connectivity index (χ4n) is 4.28. The van der Waals surface area contributed by atoms with E-state index in [9.17, 15) is 33.1 Å². The maximum atomic E-state index is 15.0. The number of anilines is 1. The van der Waals surface area contributed by atoms with E-state index in [-0.39, 0.29) is 25.1 Å². The van der Waals surface area contributed by atoms with E-state index in [0.29, 0.717) is 15.4 Å². The largest absolute Gasteiger partial charge is 0.465 e. The van der Waals surface area contributed by atoms with Crippen LogP contribution >= 0.6 is 0 Å². The zero-order valence-corrected chi connectivity index (χ0v) is 18.0. The smallest absolute Gasteiger partial charge is 0.414 e. The Morgan fingerprint density at radius 1 is 1.03 bits per heavy atom. The van der Waals surface area contributed by atoms with E-state index in [0.717, 1.165) is 17.0 Å². The fourth-order valence-corrected chi connectivity index (χ4v) is 4.28. The Bertz CT molecular complexity index is 1250. The molecule has 2 heterocycles. The molecular formula is C24H19F2N3O5. The van der Waals surface area contributed by atoms with E-state index in [1.807, 2.05) is 0 Å². The first kappa shape index (κ1) is 22.9. The number of piperazine rings is 1. The average Bonchev–Trinajstić information content (AvgIpc) is 2.80. The van der Waals surface area contributed by atoms with Crippen LogP contribution in [0.15, 0.2) is 42.5 Å². The minimum absolute atomic E-state index is 0.00710. The molecule has 1 atom stereocenters. The Hall–Kier alpha value is -4.26. The molecule has 10 heteroatoms. The molecule has 0 radical (unpaired) electrons. The molecule has 4 rings (SSSR count). The van der Waals surface area contributed by atoms with Gasteiger partial charge in [-0.1, -0.05) is 37.0 Å². The predicted molar refractivity (Wildman–Crippen MR) is 116 cm³/mol. The topological polar surface area (TPSA) is 98.2 Å². The Kier molecular flexibility index (Phi) is 5.79. The van der Waals surface area contributed by atoms with Crippen LogP contribution in [0.25, 0.3) is 0 Å². The van der Waals surface area contributed by atoms with Crippen LogP contribution in [0.2, 0.25) is 0 Å². The van der Waals surface area contributed by atoms with E-state index in [1.54, 1.807) is 30.3 Å². The third kappa shape index (κ3) is 3.65. The molecule has 0 bridgehead atoms. The van der Waals surface area contributed by atoms with Gasteiger partial charge in [-0.2, -0.15) is 0 Å². The highest BCUT2D eigenvalue weighted by Gasteiger charge is 2.58. The minimum Gasteiger partial charge on any atom is -0.465 e. The van der Waals surface area contributed by atoms with Gasteiger partial charge in [0.15, 0.2) is 11.6 Å². The molecule has 0 saturated carbocycles. The number of carbonyl (C=O) groups is 4. The lowest BCUT2D eigenvalue weighted by Crippen LogP contribution is -2.74. The fraction of sp³-hybridized carbons (Fsp3) is 0.250. The molecule has 1 unspecified atom stereocenters. The number of carboxylic acid groups (broad SMARTS) is 1. The molecule has 174 valence electrons. The quantitative estimate of drug-likeness (QED) is 0.684. The number of benzene rings is 2. The molecule has 8 nitrogen and oxygen atoms in total. The summed E-state index contributed by atoms with van der Waals surface area (Å²) in [6, 6.07) is 9.54. The lowest BCUT2D eigenvalue weighted by molar-refractivity contribution is -0.151. The second-order valence-electron chi connectivity index (χ2n) is 7.87. The predicted octanol–water partition coefficient (Wildman–Crippen LogP) is 3.19. The van der Waals surface area contributed by atoms with Crippen molar-refractivity contribution in [2.75, 3.05) is 18.0 Å². The first-order valence-electron chi connectivity index (χ1n) is 10.4. The average molecular weight is 467 g/mol. The molecule has 0 aromatic heterocycles. The van der Waals surface area contributed by atoms with Crippen molar-refractivity contribution in [1.82, 2.24) is 9.80 Å². The summed E-state index contributed by atoms with van der Waals surface area (Å²) < 4.78 is 30.0. The molecule has 2 aliphatic rings. The Morgan fingerprint density at radius 3 is 2.24 bits per heavy atom. The zero-order valence-electron chi connectivity index (χ0n) is 18.0. The summed E-state index contributed by atoms with van der Waals surface area (Å²) >= 11 is 0. The van der Waals surface area contributed by atoms with Gasteiger partial charge < -0.3 is 10.0 Å². The summed E-state index contributed by atoms with van der Waals surface area (Å²) in [4.78, 5) is 52.4. The van der Waals surface area contributed by atoms with Gasteiger partial charge in [0.1, 0.15) is 11.2 Å². The zero-order chi connectivity index (χ0) is 24.6. The van der Waals surface area contributed by atoms with Gasteiger partial charge in [-0.15, -0.1) is 0 Å². The van der Waals surface area contributed by atoms with Gasteiger partial charge in [0, 0.05) is 24.2 Å². The van der Waals surface area contributed by atoms with Gasteiger partial charge in [-0.3, -0.25) is 9.59 Å². The summed E-state index contributed by atoms with van der Waals surface area (Å²) in [5, 5.41) is 9.28. The maximum absolute atomic E-state index is 15.0. The van der Waals surface area contributed by atoms with Crippen LogP contribution in [0.4, 0.5) is 24.1 Å². The number of nitrogens with zero attached hydrogens (tertiary/aromatic N) is 3. The van der Waals surface area contributed by atoms with Gasteiger partial charge in [0.25, 0.3) is 5.91 Å². The summed E-state index contributed by atoms with van der Waals surface area (Å²) in [5.74, 6) is 1.15. The highest BCUT2D eigenvalue weighted by Crippen LogP contribution is 2.38. The van der Waals surface area contributed by atoms with Gasteiger partial charge in [-0.25, -0.2) is 28.2 Å². The van der Waals surface area contributed by atoms with Gasteiger partial charge in [0.2, 0.25) is 5.91 Å². The van der Waals surface area contributed by atoms with Gasteiger partial charge >= 0.3 is 12.1 Å². The molecule has 2 aromatic rings. The number of hydrogen-bond donors (Lipinski definition) is 1. The second-order valence-corrected chi connectivity index (χ2v) is 7.87. The Morgan fingerprint density at radius 2 is 1.65 bits per heavy atom. The van der Waals surface area contributed by atoms with E-state index in [1.165, 1.54) is 6.92 Å². The minimum atomic E-state index is -1.73. The van der Waals surface area contributed by atoms with E-state index < -0.39 is 53.2 Å². The van der Waals surface area contributed by atoms with Crippen molar-refractivity contribution in [2.45, 2.75) is 25.3 Å². The molecule has 5 amide bonds. The van der Waals surface area contributed by atoms with E-state index in [4.69, 9.17) is 0 Å². The van der Waals surface area contributed by atoms with Crippen LogP contribution in [0.5, 0.6) is 0 Å². The molecule has 2 aliphatic heterocycles. The van der Waals surface area contributed by atoms with Crippen LogP contribution in [0, 0.1) is 23.5 Å². The lowest BCUT2D eigenvalue weighted by atomic mass is 9.83. The van der Waals surface area contributed by atoms with Crippen molar-refractivity contribution < 1.29 is 33.1 Å². The molecule has 34 heavy (non-hydrogen) atoms. The van der Waals surface area contributed by atoms with Crippen molar-refractivity contribution >= 4 is 29.6 Å². The van der Waals surface area contributed by atoms with Crippen molar-refractivity contribution in [3.8, 4) is 11.8 Å². The summed E-state index contributed by atoms with van der Waals surface area (Å²) in [6.07, 6.45) is -2.14. The highest BCUT2D eigenvalue weighted by molar-refractivity contribution is 6.20. The second kappa shape index (κ2) is 8.59. The number of halogens is 2. The van der Waals surface area contributed by atoms with E-state index >= 15 is 0 Å². The number of rotatable bonds is 2. The summed E-state index contributed by atoms with van der Waals surface area (Å²) in [7, 11) is 0. The molecule has 2 fully saturated rings. The summed E-state index contributed by atoms with van der Waals surface area (Å²) in [5.41, 5.74) is -1.95. The number of urea groups is 1. The monoisotopic (exact) mass is 467 g/mol. The van der Waals surface area contributed by atoms with Crippen LogP contribution in [-0.4, -0.2) is 57.5 Å². The standard InChI is InChI=1S/C24H19F2N3O5/c1-2-24-14-19(30)29(22(32)28(24)11-10-27(21(24)31)23(33)34)20-17(25)12-16(13-18(20)26)9-8-15-6-4-3-5-7-15/h3-7,12-13H,2,10-11,14H2,1H3,(H,33,34). The van der Waals surface area contributed by atoms with Crippen LogP contribution in [0.3, 0.4) is 0 Å². The molecule has 2 saturated heterocycles. The van der Waals surface area contributed by atoms with Crippen molar-refractivity contribution in [3.63, 3.8) is 0 Å². The normalized spacial score (nSPS) is 20.1. The molecule has 0 aliphatic carbocycles. The van der Waals surface area contributed by atoms with E-state index in [2.05, 4.69) is 11.8 Å². The van der Waals surface area contributed by atoms with Crippen molar-refractivity contribution in [2.24, 2.45) is 0 Å². The van der Waals surface area contributed by atoms with Gasteiger partial charge in [0.05, 0.1) is 6.42 Å². The highest BCUT2D eigenvalue weighted by atomic mass is 19.1. The SMILES string of the molecule is CCC12CC(=O)N(c3c(F)cc(C#Cc4ccccc4)cc3F)C(=O)N1CCN(C(=O)O)C2=O. The molecule has 0 spiro atoms. The number of hydrogen-bond acceptors (Lipinski definition) is 4. The molecule has 2 aromatic carbocycles. The van der Waals surface area contributed by atoms with Crippen molar-refractivity contribution in [3.05, 3.63) is 65.2 Å². The van der Waals surface area contributed by atoms with Crippen molar-refractivity contribution in [1.29, 1.82) is 0 Å². The third-order valence-corrected chi connectivity index (χ3v) is 6.00. The summed E-state index contributed by atoms with van der Waals surface area (Å²) in [6.45, 7) is 1.01. The molecular weight excluding hydrogens is 448 g/mol. The third-order valence-electron chi connectivity index (χ3n) is 6.00. The maximum Gasteiger partial charge on any atom is 0.414 e. The lowest BCUT2D eigenvalue weighted by Gasteiger charge is -2.51. The van der Waals surface area contributed by atoms with Crippen LogP contribution < -0.4 is 4.90 Å². The Balaban J connectivity index is 1.69. The van der Waals surface area contributed by atoms with Crippen LogP contribution in [-0.2, 0) is 9.59 Å². The van der Waals surface area contributed by atoms with Gasteiger partial charge in [-0.05, 0) is 30.7 Å². The number of amides is 5. The molecule has 1 N–H and O–H groups in total. The Labute approximate surface area is 193 Å². The number of carbonyl (C=O) groups excluding carboxylic acids is 3. The number of imide groups is 2. The first-order chi connectivity index (χ1) is 16.2. The van der Waals surface area contributed by atoms with Crippen LogP contribution in [0.1, 0.15) is 30.9 Å². The first-order valence-corrected chi connectivity index (χ1v) is 10.4. The number of fused-ring (bicyclic) bond motifs is 1.